The highest BCUT2D eigenvalue weighted by Gasteiger charge is 2.18. The van der Waals surface area contributed by atoms with Crippen LogP contribution >= 0.6 is 0 Å². The molecule has 0 unspecified atom stereocenters. The Morgan fingerprint density at radius 2 is 2.21 bits per heavy atom. The van der Waals surface area contributed by atoms with E-state index in [-0.39, 0.29) is 23.5 Å². The number of nitrogens with zero attached hydrogens (tertiary/aromatic N) is 6. The second-order valence-electron chi connectivity index (χ2n) is 3.73. The maximum atomic E-state index is 11.0. The van der Waals surface area contributed by atoms with Gasteiger partial charge in [-0.1, -0.05) is 0 Å². The van der Waals surface area contributed by atoms with Crippen LogP contribution in [0.4, 0.5) is 0 Å². The normalized spacial score (nSPS) is 9.84. The fraction of sp³-hybridized carbons (Fsp3) is 0.182. The Bertz CT molecular complexity index is 727. The van der Waals surface area contributed by atoms with Crippen LogP contribution in [0.5, 0.6) is 0 Å². The van der Waals surface area contributed by atoms with E-state index in [9.17, 15) is 4.79 Å². The quantitative estimate of drug-likeness (QED) is 0.831. The van der Waals surface area contributed by atoms with Gasteiger partial charge in [-0.3, -0.25) is 4.68 Å². The molecule has 2 aromatic rings. The first kappa shape index (κ1) is 12.3. The van der Waals surface area contributed by atoms with Crippen LogP contribution in [0.25, 0.3) is 0 Å². The van der Waals surface area contributed by atoms with Crippen molar-refractivity contribution in [2.24, 2.45) is 7.05 Å². The van der Waals surface area contributed by atoms with Gasteiger partial charge in [0, 0.05) is 7.05 Å². The summed E-state index contributed by atoms with van der Waals surface area (Å²) in [7, 11) is 1.61. The van der Waals surface area contributed by atoms with Crippen molar-refractivity contribution < 1.29 is 9.90 Å². The van der Waals surface area contributed by atoms with Crippen LogP contribution in [0.15, 0.2) is 12.5 Å². The van der Waals surface area contributed by atoms with Crippen molar-refractivity contribution in [3.8, 4) is 12.1 Å². The Hall–Kier alpha value is -3.13. The molecule has 0 saturated carbocycles. The second-order valence-corrected chi connectivity index (χ2v) is 3.73. The van der Waals surface area contributed by atoms with Crippen LogP contribution in [-0.2, 0) is 13.6 Å². The van der Waals surface area contributed by atoms with Gasteiger partial charge in [-0.05, 0) is 0 Å². The molecule has 2 heterocycles. The van der Waals surface area contributed by atoms with Crippen molar-refractivity contribution in [3.63, 3.8) is 0 Å². The molecule has 94 valence electrons. The second kappa shape index (κ2) is 4.63. The minimum absolute atomic E-state index is 0.0153. The predicted molar refractivity (Wildman–Crippen MR) is 60.9 cm³/mol. The van der Waals surface area contributed by atoms with E-state index in [2.05, 4.69) is 10.1 Å². The molecule has 1 N–H and O–H groups in total. The Balaban J connectivity index is 2.46. The summed E-state index contributed by atoms with van der Waals surface area (Å²) in [6, 6.07) is 3.68. The van der Waals surface area contributed by atoms with E-state index >= 15 is 0 Å². The Kier molecular flexibility index (Phi) is 3.00. The zero-order chi connectivity index (χ0) is 14.0. The van der Waals surface area contributed by atoms with Gasteiger partial charge in [0.2, 0.25) is 0 Å². The molecule has 19 heavy (non-hydrogen) atoms. The number of hydrogen-bond acceptors (Lipinski definition) is 5. The van der Waals surface area contributed by atoms with Crippen molar-refractivity contribution in [2.45, 2.75) is 6.54 Å². The molecule has 0 aliphatic rings. The third-order valence-electron chi connectivity index (χ3n) is 2.66. The van der Waals surface area contributed by atoms with Crippen LogP contribution in [-0.4, -0.2) is 30.4 Å². The van der Waals surface area contributed by atoms with Crippen LogP contribution < -0.4 is 0 Å². The molecule has 2 aromatic heterocycles. The van der Waals surface area contributed by atoms with Crippen LogP contribution in [0.2, 0.25) is 0 Å². The maximum absolute atomic E-state index is 11.0. The number of imidazole rings is 1. The van der Waals surface area contributed by atoms with Crippen molar-refractivity contribution in [2.75, 3.05) is 0 Å². The summed E-state index contributed by atoms with van der Waals surface area (Å²) in [6.07, 6.45) is 2.57. The molecule has 0 saturated heterocycles. The van der Waals surface area contributed by atoms with Gasteiger partial charge < -0.3 is 9.67 Å². The summed E-state index contributed by atoms with van der Waals surface area (Å²) in [5.74, 6) is -1.10. The van der Waals surface area contributed by atoms with E-state index in [0.29, 0.717) is 5.69 Å². The van der Waals surface area contributed by atoms with Gasteiger partial charge in [0.1, 0.15) is 17.7 Å². The molecule has 0 spiro atoms. The molecule has 0 radical (unpaired) electrons. The predicted octanol–water partition coefficient (Wildman–Crippen LogP) is 0.106. The summed E-state index contributed by atoms with van der Waals surface area (Å²) >= 11 is 0. The molecule has 0 fully saturated rings. The van der Waals surface area contributed by atoms with E-state index in [1.807, 2.05) is 6.07 Å². The van der Waals surface area contributed by atoms with Gasteiger partial charge in [-0.2, -0.15) is 15.6 Å². The van der Waals surface area contributed by atoms with Gasteiger partial charge in [0.25, 0.3) is 0 Å². The van der Waals surface area contributed by atoms with Crippen molar-refractivity contribution in [1.29, 1.82) is 10.5 Å². The van der Waals surface area contributed by atoms with Gasteiger partial charge in [0.05, 0.1) is 24.8 Å². The van der Waals surface area contributed by atoms with Gasteiger partial charge in [-0.25, -0.2) is 9.78 Å². The molecule has 0 amide bonds. The highest BCUT2D eigenvalue weighted by atomic mass is 16.4. The molecular formula is C11H8N6O2. The number of aryl methyl sites for hydroxylation is 1. The number of carboxylic acids is 1. The minimum Gasteiger partial charge on any atom is -0.478 e. The minimum atomic E-state index is -1.10. The average Bonchev–Trinajstić information content (AvgIpc) is 2.94. The maximum Gasteiger partial charge on any atom is 0.339 e. The van der Waals surface area contributed by atoms with Gasteiger partial charge >= 0.3 is 5.97 Å². The molecule has 8 heteroatoms. The van der Waals surface area contributed by atoms with E-state index in [1.54, 1.807) is 13.1 Å². The zero-order valence-corrected chi connectivity index (χ0v) is 9.90. The molecule has 2 rings (SSSR count). The SMILES string of the molecule is Cn1ncc(C(=O)O)c1Cn1cnc(C#N)c1C#N. The van der Waals surface area contributed by atoms with E-state index in [1.165, 1.54) is 21.8 Å². The Morgan fingerprint density at radius 1 is 1.47 bits per heavy atom. The number of aromatic carboxylic acids is 1. The van der Waals surface area contributed by atoms with E-state index in [0.717, 1.165) is 0 Å². The number of rotatable bonds is 3. The van der Waals surface area contributed by atoms with Gasteiger partial charge in [0.15, 0.2) is 11.4 Å². The summed E-state index contributed by atoms with van der Waals surface area (Å²) < 4.78 is 2.83. The lowest BCUT2D eigenvalue weighted by Gasteiger charge is -2.05. The third kappa shape index (κ3) is 2.03. The molecule has 0 atom stereocenters. The van der Waals surface area contributed by atoms with Crippen LogP contribution in [0, 0.1) is 22.7 Å². The summed E-state index contributed by atoms with van der Waals surface area (Å²) in [5.41, 5.74) is 0.589. The molecule has 0 aliphatic carbocycles. The molecule has 0 bridgehead atoms. The zero-order valence-electron chi connectivity index (χ0n) is 9.90. The highest BCUT2D eigenvalue weighted by Crippen LogP contribution is 2.13. The number of hydrogen-bond donors (Lipinski definition) is 1. The molecule has 8 nitrogen and oxygen atoms in total. The van der Waals surface area contributed by atoms with E-state index in [4.69, 9.17) is 15.6 Å². The number of aromatic nitrogens is 4. The first-order chi connectivity index (χ1) is 9.08. The lowest BCUT2D eigenvalue weighted by Crippen LogP contribution is -2.11. The third-order valence-corrected chi connectivity index (χ3v) is 2.66. The van der Waals surface area contributed by atoms with Crippen molar-refractivity contribution in [3.05, 3.63) is 35.2 Å². The summed E-state index contributed by atoms with van der Waals surface area (Å²) in [6.45, 7) is 0.107. The molecule has 0 aromatic carbocycles. The lowest BCUT2D eigenvalue weighted by molar-refractivity contribution is 0.0695. The topological polar surface area (TPSA) is 121 Å². The van der Waals surface area contributed by atoms with Crippen LogP contribution in [0.1, 0.15) is 27.4 Å². The number of carbonyl (C=O) groups is 1. The van der Waals surface area contributed by atoms with Gasteiger partial charge in [-0.15, -0.1) is 0 Å². The lowest BCUT2D eigenvalue weighted by atomic mass is 10.2. The van der Waals surface area contributed by atoms with Crippen molar-refractivity contribution >= 4 is 5.97 Å². The fourth-order valence-corrected chi connectivity index (χ4v) is 1.69. The monoisotopic (exact) mass is 256 g/mol. The molecular weight excluding hydrogens is 248 g/mol. The first-order valence-electron chi connectivity index (χ1n) is 5.18. The summed E-state index contributed by atoms with van der Waals surface area (Å²) in [4.78, 5) is 14.8. The Labute approximate surface area is 107 Å². The van der Waals surface area contributed by atoms with Crippen LogP contribution in [0.3, 0.4) is 0 Å². The standard InChI is InChI=1S/C11H8N6O2/c1-16-10(7(4-15-16)11(18)19)5-17-6-14-8(2-12)9(17)3-13/h4,6H,5H2,1H3,(H,18,19). The number of carboxylic acid groups (broad SMARTS) is 1. The molecule has 0 aliphatic heterocycles. The fourth-order valence-electron chi connectivity index (χ4n) is 1.69. The number of nitriles is 2. The summed E-state index contributed by atoms with van der Waals surface area (Å²) in [5, 5.41) is 30.7. The largest absolute Gasteiger partial charge is 0.478 e. The first-order valence-corrected chi connectivity index (χ1v) is 5.18. The smallest absolute Gasteiger partial charge is 0.339 e. The highest BCUT2D eigenvalue weighted by molar-refractivity contribution is 5.88. The van der Waals surface area contributed by atoms with Crippen molar-refractivity contribution in [1.82, 2.24) is 19.3 Å². The van der Waals surface area contributed by atoms with E-state index < -0.39 is 5.97 Å². The average molecular weight is 256 g/mol. The Morgan fingerprint density at radius 3 is 2.79 bits per heavy atom.